The third-order valence-electron chi connectivity index (χ3n) is 3.03. The van der Waals surface area contributed by atoms with Crippen LogP contribution >= 0.6 is 11.6 Å². The summed E-state index contributed by atoms with van der Waals surface area (Å²) >= 11 is 5.66. The molecule has 0 fully saturated rings. The number of rotatable bonds is 2. The van der Waals surface area contributed by atoms with Crippen molar-refractivity contribution in [2.75, 3.05) is 11.9 Å². The van der Waals surface area contributed by atoms with Gasteiger partial charge in [-0.25, -0.2) is 9.97 Å². The molecule has 1 aliphatic rings. The van der Waals surface area contributed by atoms with E-state index in [-0.39, 0.29) is 16.4 Å². The van der Waals surface area contributed by atoms with Gasteiger partial charge in [-0.2, -0.15) is 8.78 Å². The second-order valence-corrected chi connectivity index (χ2v) is 4.82. The van der Waals surface area contributed by atoms with Gasteiger partial charge in [0.05, 0.1) is 6.54 Å². The van der Waals surface area contributed by atoms with Gasteiger partial charge in [-0.1, -0.05) is 0 Å². The summed E-state index contributed by atoms with van der Waals surface area (Å²) in [5.41, 5.74) is 0.0480. The van der Waals surface area contributed by atoms with Crippen LogP contribution in [0.3, 0.4) is 0 Å². The fourth-order valence-electron chi connectivity index (χ4n) is 2.06. The van der Waals surface area contributed by atoms with Crippen LogP contribution in [0.4, 0.5) is 20.3 Å². The van der Waals surface area contributed by atoms with Gasteiger partial charge in [0, 0.05) is 23.0 Å². The maximum Gasteiger partial charge on any atom is 0.291 e. The molecule has 2 aromatic rings. The molecule has 21 heavy (non-hydrogen) atoms. The summed E-state index contributed by atoms with van der Waals surface area (Å²) in [4.78, 5) is 19.2. The Hall–Kier alpha value is -2.28. The lowest BCUT2D eigenvalue weighted by Gasteiger charge is -2.25. The predicted octanol–water partition coefficient (Wildman–Crippen LogP) is 2.71. The summed E-state index contributed by atoms with van der Waals surface area (Å²) in [5, 5.41) is 5.05. The van der Waals surface area contributed by atoms with Crippen LogP contribution in [0.1, 0.15) is 15.9 Å². The van der Waals surface area contributed by atoms with Gasteiger partial charge in [-0.15, -0.1) is 0 Å². The van der Waals surface area contributed by atoms with Crippen LogP contribution in [0.5, 0.6) is 0 Å². The Kier molecular flexibility index (Phi) is 3.21. The van der Waals surface area contributed by atoms with Crippen molar-refractivity contribution in [1.29, 1.82) is 0 Å². The molecule has 108 valence electrons. The molecule has 0 spiro atoms. The average molecular weight is 311 g/mol. The normalized spacial score (nSPS) is 16.0. The zero-order valence-electron chi connectivity index (χ0n) is 10.5. The van der Waals surface area contributed by atoms with Crippen molar-refractivity contribution >= 4 is 29.0 Å². The molecular weight excluding hydrogens is 302 g/mol. The second-order valence-electron chi connectivity index (χ2n) is 4.48. The summed E-state index contributed by atoms with van der Waals surface area (Å²) in [5.74, 6) is -3.24. The molecule has 2 heterocycles. The predicted molar refractivity (Wildman–Crippen MR) is 73.0 cm³/mol. The van der Waals surface area contributed by atoms with E-state index in [9.17, 15) is 13.6 Å². The Morgan fingerprint density at radius 1 is 1.33 bits per heavy atom. The molecule has 0 unspecified atom stereocenters. The number of halogens is 3. The van der Waals surface area contributed by atoms with Gasteiger partial charge in [0.25, 0.3) is 11.8 Å². The Labute approximate surface area is 123 Å². The van der Waals surface area contributed by atoms with E-state index in [0.29, 0.717) is 11.5 Å². The van der Waals surface area contributed by atoms with E-state index in [1.54, 1.807) is 6.07 Å². The summed E-state index contributed by atoms with van der Waals surface area (Å²) in [6.07, 6.45) is 1.44. The van der Waals surface area contributed by atoms with E-state index in [4.69, 9.17) is 11.6 Å². The highest BCUT2D eigenvalue weighted by atomic mass is 35.5. The van der Waals surface area contributed by atoms with Crippen LogP contribution < -0.4 is 10.6 Å². The molecule has 0 bridgehead atoms. The molecule has 3 rings (SSSR count). The Morgan fingerprint density at radius 2 is 2.14 bits per heavy atom. The van der Waals surface area contributed by atoms with E-state index in [0.717, 1.165) is 0 Å². The molecule has 1 amide bonds. The van der Waals surface area contributed by atoms with Gasteiger partial charge in [0.15, 0.2) is 0 Å². The molecule has 2 N–H and O–H groups in total. The molecule has 0 radical (unpaired) electrons. The van der Waals surface area contributed by atoms with Crippen molar-refractivity contribution in [3.63, 3.8) is 0 Å². The van der Waals surface area contributed by atoms with E-state index >= 15 is 0 Å². The lowest BCUT2D eigenvalue weighted by molar-refractivity contribution is -0.00832. The standard InChI is InChI=1S/C13H9ClF2N4O/c14-12-17-4-3-10(20-12)19-7-1-2-8-9(5-7)13(15,16)6-18-11(8)21/h1-5H,6H2,(H,18,21)(H,17,19,20). The number of amides is 1. The third-order valence-corrected chi connectivity index (χ3v) is 3.21. The Bertz CT molecular complexity index is 723. The zero-order chi connectivity index (χ0) is 15.0. The highest BCUT2D eigenvalue weighted by molar-refractivity contribution is 6.28. The zero-order valence-corrected chi connectivity index (χ0v) is 11.3. The molecule has 5 nitrogen and oxygen atoms in total. The quantitative estimate of drug-likeness (QED) is 0.837. The summed E-state index contributed by atoms with van der Waals surface area (Å²) in [6.45, 7) is -0.707. The van der Waals surface area contributed by atoms with Crippen LogP contribution in [0, 0.1) is 0 Å². The number of fused-ring (bicyclic) bond motifs is 1. The van der Waals surface area contributed by atoms with Crippen molar-refractivity contribution in [2.24, 2.45) is 0 Å². The largest absolute Gasteiger partial charge is 0.346 e. The van der Waals surface area contributed by atoms with Crippen LogP contribution in [-0.4, -0.2) is 22.4 Å². The minimum Gasteiger partial charge on any atom is -0.346 e. The number of benzene rings is 1. The van der Waals surface area contributed by atoms with Gasteiger partial charge in [-0.3, -0.25) is 4.79 Å². The van der Waals surface area contributed by atoms with Gasteiger partial charge in [-0.05, 0) is 35.9 Å². The number of nitrogens with one attached hydrogen (secondary N) is 2. The minimum absolute atomic E-state index is 0.0301. The molecule has 1 aromatic heterocycles. The first kappa shape index (κ1) is 13.7. The van der Waals surface area contributed by atoms with Gasteiger partial charge in [0.1, 0.15) is 5.82 Å². The number of alkyl halides is 2. The molecule has 1 aromatic carbocycles. The summed E-state index contributed by atoms with van der Waals surface area (Å²) in [6, 6.07) is 5.67. The molecule has 1 aliphatic heterocycles. The molecule has 0 saturated carbocycles. The van der Waals surface area contributed by atoms with Crippen LogP contribution in [0.2, 0.25) is 5.28 Å². The number of anilines is 2. The third kappa shape index (κ3) is 2.64. The first-order valence-corrected chi connectivity index (χ1v) is 6.40. The minimum atomic E-state index is -3.11. The highest BCUT2D eigenvalue weighted by Gasteiger charge is 2.40. The Balaban J connectivity index is 1.97. The maximum absolute atomic E-state index is 13.9. The van der Waals surface area contributed by atoms with Crippen molar-refractivity contribution in [2.45, 2.75) is 5.92 Å². The molecule has 8 heteroatoms. The van der Waals surface area contributed by atoms with Crippen molar-refractivity contribution in [3.05, 3.63) is 46.9 Å². The first-order valence-electron chi connectivity index (χ1n) is 6.02. The number of hydrogen-bond acceptors (Lipinski definition) is 4. The van der Waals surface area contributed by atoms with Crippen LogP contribution in [0.25, 0.3) is 0 Å². The van der Waals surface area contributed by atoms with Crippen LogP contribution in [-0.2, 0) is 5.92 Å². The van der Waals surface area contributed by atoms with Crippen LogP contribution in [0.15, 0.2) is 30.5 Å². The van der Waals surface area contributed by atoms with Gasteiger partial charge < -0.3 is 10.6 Å². The number of hydrogen-bond donors (Lipinski definition) is 2. The monoisotopic (exact) mass is 310 g/mol. The van der Waals surface area contributed by atoms with E-state index in [1.165, 1.54) is 24.4 Å². The fraction of sp³-hybridized carbons (Fsp3) is 0.154. The summed E-state index contributed by atoms with van der Waals surface area (Å²) in [7, 11) is 0. The molecule has 0 saturated heterocycles. The number of nitrogens with zero attached hydrogens (tertiary/aromatic N) is 2. The van der Waals surface area contributed by atoms with Gasteiger partial charge >= 0.3 is 0 Å². The molecular formula is C13H9ClF2N4O. The smallest absolute Gasteiger partial charge is 0.291 e. The van der Waals surface area contributed by atoms with Crippen molar-refractivity contribution in [3.8, 4) is 0 Å². The maximum atomic E-state index is 13.9. The average Bonchev–Trinajstić information content (AvgIpc) is 2.44. The van der Waals surface area contributed by atoms with E-state index in [1.807, 2.05) is 0 Å². The topological polar surface area (TPSA) is 66.9 Å². The van der Waals surface area contributed by atoms with E-state index < -0.39 is 18.4 Å². The number of aromatic nitrogens is 2. The Morgan fingerprint density at radius 3 is 2.90 bits per heavy atom. The van der Waals surface area contributed by atoms with E-state index in [2.05, 4.69) is 20.6 Å². The lowest BCUT2D eigenvalue weighted by atomic mass is 9.96. The van der Waals surface area contributed by atoms with Crippen molar-refractivity contribution < 1.29 is 13.6 Å². The van der Waals surface area contributed by atoms with Gasteiger partial charge in [0.2, 0.25) is 5.28 Å². The highest BCUT2D eigenvalue weighted by Crippen LogP contribution is 2.35. The first-order chi connectivity index (χ1) is 9.95. The molecule has 0 aliphatic carbocycles. The SMILES string of the molecule is O=C1NCC(F)(F)c2cc(Nc3ccnc(Cl)n3)ccc21. The molecule has 0 atom stereocenters. The fourth-order valence-corrected chi connectivity index (χ4v) is 2.20. The summed E-state index contributed by atoms with van der Waals surface area (Å²) < 4.78 is 27.7. The second kappa shape index (κ2) is 4.92. The van der Waals surface area contributed by atoms with Crippen molar-refractivity contribution in [1.82, 2.24) is 15.3 Å². The number of carbonyl (C=O) groups is 1. The lowest BCUT2D eigenvalue weighted by Crippen LogP contribution is -2.41. The number of carbonyl (C=O) groups excluding carboxylic acids is 1.